The summed E-state index contributed by atoms with van der Waals surface area (Å²) in [5.74, 6) is 1.62. The van der Waals surface area contributed by atoms with Gasteiger partial charge in [-0.3, -0.25) is 0 Å². The maximum atomic E-state index is 6.13. The topological polar surface area (TPSA) is 44.3 Å². The summed E-state index contributed by atoms with van der Waals surface area (Å²) in [7, 11) is 0. The van der Waals surface area contributed by atoms with Crippen LogP contribution in [-0.2, 0) is 0 Å². The zero-order valence-electron chi connectivity index (χ0n) is 15.9. The van der Waals surface area contributed by atoms with E-state index in [0.717, 1.165) is 43.0 Å². The fourth-order valence-electron chi connectivity index (χ4n) is 3.47. The van der Waals surface area contributed by atoms with Crippen LogP contribution in [0, 0.1) is 0 Å². The molecule has 144 valence electrons. The van der Waals surface area contributed by atoms with E-state index in [2.05, 4.69) is 57.4 Å². The lowest BCUT2D eigenvalue weighted by molar-refractivity contribution is 0.640. The molecule has 0 amide bonds. The highest BCUT2D eigenvalue weighted by Gasteiger charge is 2.20. The Morgan fingerprint density at radius 1 is 0.929 bits per heavy atom. The maximum absolute atomic E-state index is 6.13. The molecule has 0 radical (unpaired) electrons. The quantitative estimate of drug-likeness (QED) is 0.684. The van der Waals surface area contributed by atoms with Crippen LogP contribution in [0.1, 0.15) is 18.5 Å². The molecule has 2 heterocycles. The van der Waals surface area contributed by atoms with E-state index in [1.54, 1.807) is 0 Å². The Morgan fingerprint density at radius 2 is 1.68 bits per heavy atom. The largest absolute Gasteiger partial charge is 0.368 e. The normalized spacial score (nSPS) is 15.4. The van der Waals surface area contributed by atoms with Gasteiger partial charge in [-0.05, 0) is 36.8 Å². The summed E-state index contributed by atoms with van der Waals surface area (Å²) < 4.78 is 0. The summed E-state index contributed by atoms with van der Waals surface area (Å²) in [4.78, 5) is 13.8. The Kier molecular flexibility index (Phi) is 5.63. The SMILES string of the molecule is CC(Nc1ccnc(N2CCN(c3cccc(Cl)c3)CC2)n1)c1ccccc1. The molecule has 1 aliphatic heterocycles. The second kappa shape index (κ2) is 8.48. The highest BCUT2D eigenvalue weighted by molar-refractivity contribution is 6.30. The van der Waals surface area contributed by atoms with Gasteiger partial charge in [0.15, 0.2) is 0 Å². The summed E-state index contributed by atoms with van der Waals surface area (Å²) in [6, 6.07) is 20.5. The van der Waals surface area contributed by atoms with Crippen molar-refractivity contribution in [3.63, 3.8) is 0 Å². The lowest BCUT2D eigenvalue weighted by Gasteiger charge is -2.36. The molecule has 1 aromatic heterocycles. The first-order chi connectivity index (χ1) is 13.7. The van der Waals surface area contributed by atoms with Crippen molar-refractivity contribution in [2.45, 2.75) is 13.0 Å². The van der Waals surface area contributed by atoms with Crippen LogP contribution in [0.3, 0.4) is 0 Å². The Balaban J connectivity index is 1.40. The van der Waals surface area contributed by atoms with E-state index in [1.165, 1.54) is 11.3 Å². The molecule has 3 aromatic rings. The van der Waals surface area contributed by atoms with Crippen LogP contribution in [-0.4, -0.2) is 36.1 Å². The smallest absolute Gasteiger partial charge is 0.227 e. The first-order valence-electron chi connectivity index (χ1n) is 9.59. The molecule has 5 nitrogen and oxygen atoms in total. The predicted octanol–water partition coefficient (Wildman–Crippen LogP) is 4.63. The summed E-state index contributed by atoms with van der Waals surface area (Å²) in [6.45, 7) is 5.73. The fraction of sp³-hybridized carbons (Fsp3) is 0.273. The molecule has 1 atom stereocenters. The van der Waals surface area contributed by atoms with Gasteiger partial charge in [-0.2, -0.15) is 4.98 Å². The van der Waals surface area contributed by atoms with Crippen molar-refractivity contribution in [2.24, 2.45) is 0 Å². The van der Waals surface area contributed by atoms with E-state index in [-0.39, 0.29) is 6.04 Å². The number of nitrogens with zero attached hydrogens (tertiary/aromatic N) is 4. The number of piperazine rings is 1. The first-order valence-corrected chi connectivity index (χ1v) is 9.97. The molecule has 4 rings (SSSR count). The van der Waals surface area contributed by atoms with Crippen molar-refractivity contribution < 1.29 is 0 Å². The predicted molar refractivity (Wildman–Crippen MR) is 116 cm³/mol. The highest BCUT2D eigenvalue weighted by Crippen LogP contribution is 2.23. The van der Waals surface area contributed by atoms with E-state index in [0.29, 0.717) is 0 Å². The van der Waals surface area contributed by atoms with Gasteiger partial charge in [-0.1, -0.05) is 48.0 Å². The molecule has 6 heteroatoms. The van der Waals surface area contributed by atoms with Crippen LogP contribution < -0.4 is 15.1 Å². The van der Waals surface area contributed by atoms with Crippen LogP contribution in [0.5, 0.6) is 0 Å². The van der Waals surface area contributed by atoms with Crippen molar-refractivity contribution in [3.05, 3.63) is 77.4 Å². The molecule has 1 aliphatic rings. The standard InChI is InChI=1S/C22H24ClN5/c1-17(18-6-3-2-4-7-18)25-21-10-11-24-22(26-21)28-14-12-27(13-15-28)20-9-5-8-19(23)16-20/h2-11,16-17H,12-15H2,1H3,(H,24,25,26). The lowest BCUT2D eigenvalue weighted by Crippen LogP contribution is -2.47. The van der Waals surface area contributed by atoms with Gasteiger partial charge in [0.2, 0.25) is 5.95 Å². The minimum Gasteiger partial charge on any atom is -0.368 e. The van der Waals surface area contributed by atoms with Crippen LogP contribution in [0.2, 0.25) is 5.02 Å². The molecule has 0 bridgehead atoms. The third-order valence-electron chi connectivity index (χ3n) is 5.04. The van der Waals surface area contributed by atoms with E-state index in [1.807, 2.05) is 36.5 Å². The third kappa shape index (κ3) is 4.37. The van der Waals surface area contributed by atoms with Crippen molar-refractivity contribution in [2.75, 3.05) is 41.3 Å². The van der Waals surface area contributed by atoms with Crippen LogP contribution in [0.15, 0.2) is 66.9 Å². The van der Waals surface area contributed by atoms with Crippen LogP contribution in [0.25, 0.3) is 0 Å². The Bertz CT molecular complexity index is 910. The van der Waals surface area contributed by atoms with Crippen molar-refractivity contribution >= 4 is 29.1 Å². The Labute approximate surface area is 171 Å². The lowest BCUT2D eigenvalue weighted by atomic mass is 10.1. The number of hydrogen-bond donors (Lipinski definition) is 1. The number of aromatic nitrogens is 2. The van der Waals surface area contributed by atoms with Gasteiger partial charge < -0.3 is 15.1 Å². The van der Waals surface area contributed by atoms with Gasteiger partial charge in [-0.25, -0.2) is 4.98 Å². The minimum atomic E-state index is 0.184. The second-order valence-electron chi connectivity index (χ2n) is 6.97. The summed E-state index contributed by atoms with van der Waals surface area (Å²) >= 11 is 6.13. The van der Waals surface area contributed by atoms with E-state index >= 15 is 0 Å². The summed E-state index contributed by atoms with van der Waals surface area (Å²) in [5, 5.41) is 4.25. The van der Waals surface area contributed by atoms with E-state index < -0.39 is 0 Å². The minimum absolute atomic E-state index is 0.184. The molecular formula is C22H24ClN5. The Morgan fingerprint density at radius 3 is 2.43 bits per heavy atom. The maximum Gasteiger partial charge on any atom is 0.227 e. The zero-order valence-corrected chi connectivity index (χ0v) is 16.7. The monoisotopic (exact) mass is 393 g/mol. The highest BCUT2D eigenvalue weighted by atomic mass is 35.5. The summed E-state index contributed by atoms with van der Waals surface area (Å²) in [5.41, 5.74) is 2.40. The third-order valence-corrected chi connectivity index (χ3v) is 5.28. The van der Waals surface area contributed by atoms with Gasteiger partial charge in [-0.15, -0.1) is 0 Å². The second-order valence-corrected chi connectivity index (χ2v) is 7.41. The van der Waals surface area contributed by atoms with Gasteiger partial charge >= 0.3 is 0 Å². The average Bonchev–Trinajstić information content (AvgIpc) is 2.75. The molecule has 0 aliphatic carbocycles. The fourth-order valence-corrected chi connectivity index (χ4v) is 3.65. The van der Waals surface area contributed by atoms with Crippen molar-refractivity contribution in [1.82, 2.24) is 9.97 Å². The molecular weight excluding hydrogens is 370 g/mol. The summed E-state index contributed by atoms with van der Waals surface area (Å²) in [6.07, 6.45) is 1.83. The van der Waals surface area contributed by atoms with Gasteiger partial charge in [0.25, 0.3) is 0 Å². The van der Waals surface area contributed by atoms with Crippen LogP contribution >= 0.6 is 11.6 Å². The van der Waals surface area contributed by atoms with Gasteiger partial charge in [0.1, 0.15) is 5.82 Å². The number of anilines is 3. The first kappa shape index (κ1) is 18.6. The van der Waals surface area contributed by atoms with Gasteiger partial charge in [0.05, 0.1) is 0 Å². The zero-order chi connectivity index (χ0) is 19.3. The molecule has 1 fully saturated rings. The van der Waals surface area contributed by atoms with Crippen molar-refractivity contribution in [3.8, 4) is 0 Å². The average molecular weight is 394 g/mol. The number of rotatable bonds is 5. The number of halogens is 1. The molecule has 0 spiro atoms. The number of nitrogens with one attached hydrogen (secondary N) is 1. The molecule has 1 N–H and O–H groups in total. The van der Waals surface area contributed by atoms with Crippen molar-refractivity contribution in [1.29, 1.82) is 0 Å². The molecule has 1 unspecified atom stereocenters. The molecule has 1 saturated heterocycles. The number of hydrogen-bond acceptors (Lipinski definition) is 5. The molecule has 2 aromatic carbocycles. The number of benzene rings is 2. The van der Waals surface area contributed by atoms with E-state index in [9.17, 15) is 0 Å². The van der Waals surface area contributed by atoms with E-state index in [4.69, 9.17) is 16.6 Å². The molecule has 0 saturated carbocycles. The van der Waals surface area contributed by atoms with Gasteiger partial charge in [0, 0.05) is 49.1 Å². The Hall–Kier alpha value is -2.79. The van der Waals surface area contributed by atoms with Crippen LogP contribution in [0.4, 0.5) is 17.5 Å². The molecule has 28 heavy (non-hydrogen) atoms.